The Bertz CT molecular complexity index is 567. The molecule has 2 aromatic rings. The fourth-order valence-corrected chi connectivity index (χ4v) is 6.74. The number of alkyl halides is 2. The van der Waals surface area contributed by atoms with Gasteiger partial charge in [-0.3, -0.25) is 0 Å². The van der Waals surface area contributed by atoms with Crippen molar-refractivity contribution in [1.82, 2.24) is 0 Å². The third-order valence-corrected chi connectivity index (χ3v) is 7.60. The Labute approximate surface area is 130 Å². The summed E-state index contributed by atoms with van der Waals surface area (Å²) in [6.45, 7) is 0. The van der Waals surface area contributed by atoms with Crippen LogP contribution < -0.4 is 0 Å². The van der Waals surface area contributed by atoms with Crippen LogP contribution in [0.4, 0.5) is 0 Å². The summed E-state index contributed by atoms with van der Waals surface area (Å²) in [4.78, 5) is 0. The molecule has 0 N–H and O–H groups in total. The standard InChI is InChI=1S/C17H14Br2/c18-17(19)15(11-12-15)16(17,13-7-3-1-4-8-13)14-9-5-2-6-10-14/h1-10H,11-12H2. The van der Waals surface area contributed by atoms with Crippen LogP contribution in [0.5, 0.6) is 0 Å². The lowest BCUT2D eigenvalue weighted by molar-refractivity contribution is 0.702. The van der Waals surface area contributed by atoms with E-state index >= 15 is 0 Å². The maximum Gasteiger partial charge on any atom is 0.102 e. The molecular formula is C17H14Br2. The third-order valence-electron chi connectivity index (χ3n) is 4.89. The van der Waals surface area contributed by atoms with E-state index < -0.39 is 0 Å². The molecule has 0 atom stereocenters. The van der Waals surface area contributed by atoms with Gasteiger partial charge in [0.2, 0.25) is 0 Å². The van der Waals surface area contributed by atoms with Crippen LogP contribution in [0, 0.1) is 5.41 Å². The molecule has 19 heavy (non-hydrogen) atoms. The first-order chi connectivity index (χ1) is 9.17. The zero-order valence-corrected chi connectivity index (χ0v) is 13.6. The molecule has 96 valence electrons. The minimum Gasteiger partial charge on any atom is -0.0707 e. The molecule has 2 saturated carbocycles. The predicted molar refractivity (Wildman–Crippen MR) is 85.9 cm³/mol. The molecule has 2 fully saturated rings. The quantitative estimate of drug-likeness (QED) is 0.626. The lowest BCUT2D eigenvalue weighted by Crippen LogP contribution is -2.17. The lowest BCUT2D eigenvalue weighted by Gasteiger charge is -2.20. The van der Waals surface area contributed by atoms with Crippen molar-refractivity contribution in [2.75, 3.05) is 0 Å². The topological polar surface area (TPSA) is 0 Å². The molecule has 0 amide bonds. The number of halogens is 2. The van der Waals surface area contributed by atoms with Crippen molar-refractivity contribution in [2.45, 2.75) is 21.5 Å². The van der Waals surface area contributed by atoms with Gasteiger partial charge in [-0.1, -0.05) is 92.5 Å². The summed E-state index contributed by atoms with van der Waals surface area (Å²) in [5, 5.41) is 0. The van der Waals surface area contributed by atoms with Crippen LogP contribution >= 0.6 is 31.9 Å². The first-order valence-corrected chi connectivity index (χ1v) is 8.24. The Balaban J connectivity index is 1.98. The summed E-state index contributed by atoms with van der Waals surface area (Å²) < 4.78 is 0.00269. The molecular weight excluding hydrogens is 364 g/mol. The van der Waals surface area contributed by atoms with Gasteiger partial charge in [0.1, 0.15) is 3.23 Å². The molecule has 0 aromatic heterocycles. The molecule has 2 aliphatic rings. The van der Waals surface area contributed by atoms with Crippen molar-refractivity contribution in [2.24, 2.45) is 5.41 Å². The summed E-state index contributed by atoms with van der Waals surface area (Å²) in [5.74, 6) is 0. The molecule has 0 nitrogen and oxygen atoms in total. The van der Waals surface area contributed by atoms with Gasteiger partial charge >= 0.3 is 0 Å². The van der Waals surface area contributed by atoms with E-state index in [0.717, 1.165) is 0 Å². The summed E-state index contributed by atoms with van der Waals surface area (Å²) in [5.41, 5.74) is 3.24. The number of benzene rings is 2. The second kappa shape index (κ2) is 3.73. The van der Waals surface area contributed by atoms with Crippen LogP contribution in [0.3, 0.4) is 0 Å². The molecule has 4 rings (SSSR count). The monoisotopic (exact) mass is 376 g/mol. The molecule has 0 aliphatic heterocycles. The molecule has 0 heterocycles. The van der Waals surface area contributed by atoms with Gasteiger partial charge < -0.3 is 0 Å². The van der Waals surface area contributed by atoms with Gasteiger partial charge in [-0.25, -0.2) is 0 Å². The fourth-order valence-electron chi connectivity index (χ4n) is 3.88. The highest BCUT2D eigenvalue weighted by Crippen LogP contribution is 2.92. The Kier molecular flexibility index (Phi) is 2.39. The van der Waals surface area contributed by atoms with Crippen molar-refractivity contribution >= 4 is 31.9 Å². The van der Waals surface area contributed by atoms with Crippen molar-refractivity contribution < 1.29 is 0 Å². The molecule has 2 heteroatoms. The van der Waals surface area contributed by atoms with Crippen LogP contribution in [0.1, 0.15) is 24.0 Å². The van der Waals surface area contributed by atoms with Crippen LogP contribution in [0.2, 0.25) is 0 Å². The molecule has 2 aromatic carbocycles. The number of hydrogen-bond acceptors (Lipinski definition) is 0. The molecule has 2 aliphatic carbocycles. The van der Waals surface area contributed by atoms with Gasteiger partial charge in [-0.15, -0.1) is 0 Å². The van der Waals surface area contributed by atoms with Gasteiger partial charge in [-0.05, 0) is 24.0 Å². The number of rotatable bonds is 2. The Morgan fingerprint density at radius 1 is 0.684 bits per heavy atom. The normalized spacial score (nSPS) is 24.1. The minimum absolute atomic E-state index is 0.00269. The summed E-state index contributed by atoms with van der Waals surface area (Å²) in [7, 11) is 0. The van der Waals surface area contributed by atoms with E-state index in [1.54, 1.807) is 0 Å². The first-order valence-electron chi connectivity index (χ1n) is 6.66. The van der Waals surface area contributed by atoms with Crippen molar-refractivity contribution in [3.05, 3.63) is 71.8 Å². The highest BCUT2D eigenvalue weighted by Gasteiger charge is 2.91. The molecule has 0 radical (unpaired) electrons. The van der Waals surface area contributed by atoms with E-state index in [2.05, 4.69) is 92.5 Å². The largest absolute Gasteiger partial charge is 0.102 e. The highest BCUT2D eigenvalue weighted by molar-refractivity contribution is 9.25. The van der Waals surface area contributed by atoms with E-state index in [9.17, 15) is 0 Å². The zero-order valence-electron chi connectivity index (χ0n) is 10.4. The summed E-state index contributed by atoms with van der Waals surface area (Å²) in [6, 6.07) is 21.8. The van der Waals surface area contributed by atoms with Crippen LogP contribution in [0.15, 0.2) is 60.7 Å². The third kappa shape index (κ3) is 1.25. The molecule has 0 saturated heterocycles. The van der Waals surface area contributed by atoms with Crippen LogP contribution in [-0.2, 0) is 5.41 Å². The summed E-state index contributed by atoms with van der Waals surface area (Å²) in [6.07, 6.45) is 2.57. The fraction of sp³-hybridized carbons (Fsp3) is 0.294. The van der Waals surface area contributed by atoms with E-state index in [1.807, 2.05) is 0 Å². The Morgan fingerprint density at radius 3 is 1.42 bits per heavy atom. The lowest BCUT2D eigenvalue weighted by atomic mass is 9.85. The second-order valence-corrected chi connectivity index (χ2v) is 9.08. The van der Waals surface area contributed by atoms with E-state index in [4.69, 9.17) is 0 Å². The number of hydrogen-bond donors (Lipinski definition) is 0. The van der Waals surface area contributed by atoms with Gasteiger partial charge in [-0.2, -0.15) is 0 Å². The van der Waals surface area contributed by atoms with Gasteiger partial charge in [0.15, 0.2) is 0 Å². The molecule has 0 bridgehead atoms. The average Bonchev–Trinajstić information content (AvgIpc) is 3.31. The van der Waals surface area contributed by atoms with E-state index in [1.165, 1.54) is 24.0 Å². The van der Waals surface area contributed by atoms with Crippen LogP contribution in [-0.4, -0.2) is 3.23 Å². The molecule has 1 spiro atoms. The van der Waals surface area contributed by atoms with Gasteiger partial charge in [0.25, 0.3) is 0 Å². The van der Waals surface area contributed by atoms with Crippen molar-refractivity contribution in [3.8, 4) is 0 Å². The van der Waals surface area contributed by atoms with Crippen LogP contribution in [0.25, 0.3) is 0 Å². The first kappa shape index (κ1) is 12.2. The summed E-state index contributed by atoms with van der Waals surface area (Å²) >= 11 is 7.97. The predicted octanol–water partition coefficient (Wildman–Crippen LogP) is 5.25. The second-order valence-electron chi connectivity index (χ2n) is 5.64. The van der Waals surface area contributed by atoms with Gasteiger partial charge in [0.05, 0.1) is 5.41 Å². The maximum absolute atomic E-state index is 3.98. The maximum atomic E-state index is 3.98. The van der Waals surface area contributed by atoms with Gasteiger partial charge in [0, 0.05) is 5.41 Å². The minimum atomic E-state index is 0.00269. The Hall–Kier alpha value is -0.600. The SMILES string of the molecule is BrC1(Br)C2(CC2)C1(c1ccccc1)c1ccccc1. The highest BCUT2D eigenvalue weighted by atomic mass is 79.9. The Morgan fingerprint density at radius 2 is 1.11 bits per heavy atom. The van der Waals surface area contributed by atoms with Crippen molar-refractivity contribution in [1.29, 1.82) is 0 Å². The zero-order chi connectivity index (χ0) is 13.1. The molecule has 0 unspecified atom stereocenters. The average molecular weight is 378 g/mol. The van der Waals surface area contributed by atoms with E-state index in [-0.39, 0.29) is 8.65 Å². The van der Waals surface area contributed by atoms with E-state index in [0.29, 0.717) is 5.41 Å². The van der Waals surface area contributed by atoms with Crippen molar-refractivity contribution in [3.63, 3.8) is 0 Å². The smallest absolute Gasteiger partial charge is 0.0707 e.